The van der Waals surface area contributed by atoms with Crippen molar-refractivity contribution < 1.29 is 9.47 Å². The summed E-state index contributed by atoms with van der Waals surface area (Å²) in [6, 6.07) is 5.23. The van der Waals surface area contributed by atoms with Gasteiger partial charge < -0.3 is 15.2 Å². The zero-order valence-corrected chi connectivity index (χ0v) is 8.17. The molecular weight excluding hydrogens is 190 g/mol. The second-order valence-corrected chi connectivity index (χ2v) is 2.83. The fourth-order valence-corrected chi connectivity index (χ4v) is 1.03. The monoisotopic (exact) mass is 201 g/mol. The van der Waals surface area contributed by atoms with Gasteiger partial charge in [0.2, 0.25) is 0 Å². The lowest BCUT2D eigenvalue weighted by Crippen LogP contribution is -2.00. The molecule has 0 aliphatic rings. The lowest BCUT2D eigenvalue weighted by molar-refractivity contribution is 0.313. The molecule has 1 rings (SSSR count). The molecule has 0 saturated heterocycles. The number of ether oxygens (including phenoxy) is 2. The van der Waals surface area contributed by atoms with Gasteiger partial charge in [0.15, 0.2) is 11.5 Å². The normalized spacial score (nSPS) is 9.69. The molecule has 0 atom stereocenters. The van der Waals surface area contributed by atoms with Gasteiger partial charge in [-0.3, -0.25) is 0 Å². The summed E-state index contributed by atoms with van der Waals surface area (Å²) in [7, 11) is 1.58. The van der Waals surface area contributed by atoms with Gasteiger partial charge >= 0.3 is 0 Å². The van der Waals surface area contributed by atoms with E-state index in [2.05, 4.69) is 0 Å². The van der Waals surface area contributed by atoms with Crippen LogP contribution in [-0.2, 0) is 0 Å². The van der Waals surface area contributed by atoms with Crippen LogP contribution in [0.15, 0.2) is 18.2 Å². The summed E-state index contributed by atoms with van der Waals surface area (Å²) < 4.78 is 10.4. The number of benzene rings is 1. The van der Waals surface area contributed by atoms with Gasteiger partial charge in [-0.2, -0.15) is 0 Å². The first-order valence-corrected chi connectivity index (χ1v) is 4.43. The summed E-state index contributed by atoms with van der Waals surface area (Å²) in [5, 5.41) is 0. The molecule has 0 radical (unpaired) electrons. The van der Waals surface area contributed by atoms with Gasteiger partial charge in [-0.05, 0) is 12.1 Å². The number of hydrogen-bond acceptors (Lipinski definition) is 3. The first-order valence-electron chi connectivity index (χ1n) is 3.90. The molecule has 13 heavy (non-hydrogen) atoms. The van der Waals surface area contributed by atoms with E-state index in [1.807, 2.05) is 0 Å². The fraction of sp³-hybridized carbons (Fsp3) is 0.333. The van der Waals surface area contributed by atoms with Gasteiger partial charge in [0.05, 0.1) is 13.0 Å². The summed E-state index contributed by atoms with van der Waals surface area (Å²) in [6.45, 7) is 0.446. The maximum Gasteiger partial charge on any atom is 0.163 e. The molecule has 3 nitrogen and oxygen atoms in total. The molecule has 1 aromatic carbocycles. The van der Waals surface area contributed by atoms with Crippen molar-refractivity contribution in [3.8, 4) is 11.5 Å². The Labute approximate surface area is 82.4 Å². The molecule has 1 aromatic rings. The zero-order chi connectivity index (χ0) is 9.68. The molecule has 0 saturated carbocycles. The van der Waals surface area contributed by atoms with Crippen LogP contribution in [-0.4, -0.2) is 19.6 Å². The van der Waals surface area contributed by atoms with E-state index in [9.17, 15) is 0 Å². The summed E-state index contributed by atoms with van der Waals surface area (Å²) in [5.74, 6) is 1.74. The van der Waals surface area contributed by atoms with E-state index in [-0.39, 0.29) is 0 Å². The molecule has 0 aromatic heterocycles. The molecule has 0 unspecified atom stereocenters. The maximum atomic E-state index is 5.59. The molecule has 0 amide bonds. The summed E-state index contributed by atoms with van der Waals surface area (Å²) in [4.78, 5) is 0. The maximum absolute atomic E-state index is 5.59. The van der Waals surface area contributed by atoms with Crippen LogP contribution >= 0.6 is 11.6 Å². The molecule has 0 bridgehead atoms. The molecular formula is C9H12ClNO2. The predicted molar refractivity (Wildman–Crippen MR) is 53.6 cm³/mol. The molecule has 0 fully saturated rings. The number of alkyl halides is 1. The standard InChI is InChI=1S/C9H12ClNO2/c1-12-8-3-2-7(11)6-9(8)13-5-4-10/h2-3,6H,4-5,11H2,1H3. The van der Waals surface area contributed by atoms with Gasteiger partial charge in [-0.25, -0.2) is 0 Å². The Morgan fingerprint density at radius 3 is 2.77 bits per heavy atom. The average molecular weight is 202 g/mol. The van der Waals surface area contributed by atoms with Crippen molar-refractivity contribution in [2.75, 3.05) is 25.3 Å². The van der Waals surface area contributed by atoms with E-state index < -0.39 is 0 Å². The quantitative estimate of drug-likeness (QED) is 0.598. The molecule has 0 aliphatic carbocycles. The largest absolute Gasteiger partial charge is 0.493 e. The third kappa shape index (κ3) is 2.70. The Hall–Kier alpha value is -1.09. The Kier molecular flexibility index (Phi) is 3.71. The fourth-order valence-electron chi connectivity index (χ4n) is 0.955. The highest BCUT2D eigenvalue weighted by molar-refractivity contribution is 6.18. The van der Waals surface area contributed by atoms with E-state index in [0.29, 0.717) is 29.7 Å². The van der Waals surface area contributed by atoms with Crippen LogP contribution in [0.2, 0.25) is 0 Å². The lowest BCUT2D eigenvalue weighted by Gasteiger charge is -2.09. The van der Waals surface area contributed by atoms with Crippen LogP contribution in [0.1, 0.15) is 0 Å². The van der Waals surface area contributed by atoms with Crippen LogP contribution < -0.4 is 15.2 Å². The summed E-state index contributed by atoms with van der Waals surface area (Å²) in [5.41, 5.74) is 6.23. The van der Waals surface area contributed by atoms with Crippen molar-refractivity contribution in [2.24, 2.45) is 0 Å². The molecule has 2 N–H and O–H groups in total. The predicted octanol–water partition coefficient (Wildman–Crippen LogP) is 1.89. The summed E-state index contributed by atoms with van der Waals surface area (Å²) >= 11 is 5.49. The Balaban J connectivity index is 2.81. The second kappa shape index (κ2) is 4.82. The SMILES string of the molecule is COc1ccc(N)cc1OCCCl. The number of halogens is 1. The van der Waals surface area contributed by atoms with E-state index >= 15 is 0 Å². The molecule has 0 spiro atoms. The minimum Gasteiger partial charge on any atom is -0.493 e. The van der Waals surface area contributed by atoms with Gasteiger partial charge in [-0.15, -0.1) is 11.6 Å². The van der Waals surface area contributed by atoms with Gasteiger partial charge in [0, 0.05) is 11.8 Å². The highest BCUT2D eigenvalue weighted by Gasteiger charge is 2.03. The minimum atomic E-state index is 0.442. The van der Waals surface area contributed by atoms with Crippen molar-refractivity contribution in [1.82, 2.24) is 0 Å². The Bertz CT molecular complexity index is 278. The third-order valence-corrected chi connectivity index (χ3v) is 1.68. The zero-order valence-electron chi connectivity index (χ0n) is 7.42. The van der Waals surface area contributed by atoms with Gasteiger partial charge in [-0.1, -0.05) is 0 Å². The van der Waals surface area contributed by atoms with E-state index in [4.69, 9.17) is 26.8 Å². The highest BCUT2D eigenvalue weighted by Crippen LogP contribution is 2.28. The van der Waals surface area contributed by atoms with Crippen molar-refractivity contribution in [3.05, 3.63) is 18.2 Å². The second-order valence-electron chi connectivity index (χ2n) is 2.45. The van der Waals surface area contributed by atoms with Gasteiger partial charge in [0.25, 0.3) is 0 Å². The van der Waals surface area contributed by atoms with Crippen LogP contribution in [0.5, 0.6) is 11.5 Å². The van der Waals surface area contributed by atoms with Crippen molar-refractivity contribution in [2.45, 2.75) is 0 Å². The number of rotatable bonds is 4. The van der Waals surface area contributed by atoms with Crippen molar-refractivity contribution >= 4 is 17.3 Å². The van der Waals surface area contributed by atoms with Gasteiger partial charge in [0.1, 0.15) is 6.61 Å². The lowest BCUT2D eigenvalue weighted by atomic mass is 10.3. The third-order valence-electron chi connectivity index (χ3n) is 1.52. The molecule has 0 aliphatic heterocycles. The van der Waals surface area contributed by atoms with Crippen molar-refractivity contribution in [1.29, 1.82) is 0 Å². The van der Waals surface area contributed by atoms with E-state index in [1.165, 1.54) is 0 Å². The van der Waals surface area contributed by atoms with E-state index in [0.717, 1.165) is 0 Å². The topological polar surface area (TPSA) is 44.5 Å². The molecule has 72 valence electrons. The van der Waals surface area contributed by atoms with Crippen molar-refractivity contribution in [3.63, 3.8) is 0 Å². The van der Waals surface area contributed by atoms with Crippen LogP contribution in [0.4, 0.5) is 5.69 Å². The number of hydrogen-bond donors (Lipinski definition) is 1. The number of nitrogens with two attached hydrogens (primary N) is 1. The number of anilines is 1. The smallest absolute Gasteiger partial charge is 0.163 e. The number of methoxy groups -OCH3 is 1. The van der Waals surface area contributed by atoms with Crippen LogP contribution in [0.3, 0.4) is 0 Å². The first kappa shape index (κ1) is 9.99. The van der Waals surface area contributed by atoms with E-state index in [1.54, 1.807) is 25.3 Å². The summed E-state index contributed by atoms with van der Waals surface area (Å²) in [6.07, 6.45) is 0. The Morgan fingerprint density at radius 1 is 1.38 bits per heavy atom. The first-order chi connectivity index (χ1) is 6.27. The van der Waals surface area contributed by atoms with Crippen LogP contribution in [0, 0.1) is 0 Å². The highest BCUT2D eigenvalue weighted by atomic mass is 35.5. The minimum absolute atomic E-state index is 0.442. The van der Waals surface area contributed by atoms with Crippen LogP contribution in [0.25, 0.3) is 0 Å². The molecule has 0 heterocycles. The number of nitrogen functional groups attached to an aromatic ring is 1. The Morgan fingerprint density at radius 2 is 2.15 bits per heavy atom. The average Bonchev–Trinajstić information content (AvgIpc) is 2.15. The molecule has 4 heteroatoms.